The Morgan fingerprint density at radius 3 is 2.22 bits per heavy atom. The molecule has 0 atom stereocenters. The Morgan fingerprint density at radius 2 is 1.50 bits per heavy atom. The highest BCUT2D eigenvalue weighted by atomic mass is 16.7. The van der Waals surface area contributed by atoms with Crippen LogP contribution in [-0.2, 0) is 23.7 Å². The maximum atomic E-state index is 10.2. The zero-order valence-electron chi connectivity index (χ0n) is 10.6. The molecule has 0 saturated heterocycles. The lowest BCUT2D eigenvalue weighted by molar-refractivity contribution is -0.138. The monoisotopic (exact) mass is 265 g/mol. The summed E-state index contributed by atoms with van der Waals surface area (Å²) in [4.78, 5) is 10.2. The lowest BCUT2D eigenvalue weighted by Crippen LogP contribution is -2.13. The number of carbonyl (C=O) groups is 1. The van der Waals surface area contributed by atoms with E-state index < -0.39 is 5.97 Å². The van der Waals surface area contributed by atoms with E-state index in [0.29, 0.717) is 46.0 Å². The first kappa shape index (κ1) is 17.3. The summed E-state index contributed by atoms with van der Waals surface area (Å²) in [6, 6.07) is 0. The quantitative estimate of drug-likeness (QED) is 0.332. The first-order valence-electron chi connectivity index (χ1n) is 6.00. The smallest absolute Gasteiger partial charge is 0.305 e. The molecule has 7 nitrogen and oxygen atoms in total. The predicted octanol–water partition coefficient (Wildman–Crippen LogP) is -0.166. The van der Waals surface area contributed by atoms with Crippen LogP contribution < -0.4 is 5.73 Å². The molecular formula is C11H23NO6. The minimum Gasteiger partial charge on any atom is -0.481 e. The molecule has 0 saturated carbocycles. The van der Waals surface area contributed by atoms with E-state index in [1.807, 2.05) is 0 Å². The Kier molecular flexibility index (Phi) is 13.8. The second-order valence-corrected chi connectivity index (χ2v) is 3.45. The minimum absolute atomic E-state index is 0.0345. The van der Waals surface area contributed by atoms with Crippen LogP contribution in [0.15, 0.2) is 0 Å². The molecule has 0 aliphatic carbocycles. The van der Waals surface area contributed by atoms with Crippen molar-refractivity contribution in [2.75, 3.05) is 53.0 Å². The molecule has 0 amide bonds. The van der Waals surface area contributed by atoms with Gasteiger partial charge in [-0.25, -0.2) is 0 Å². The largest absolute Gasteiger partial charge is 0.481 e. The van der Waals surface area contributed by atoms with Gasteiger partial charge in [0.1, 0.15) is 6.79 Å². The molecule has 0 radical (unpaired) electrons. The van der Waals surface area contributed by atoms with Crippen molar-refractivity contribution >= 4 is 5.97 Å². The fraction of sp³-hybridized carbons (Fsp3) is 0.909. The topological polar surface area (TPSA) is 100 Å². The molecular weight excluding hydrogens is 242 g/mol. The van der Waals surface area contributed by atoms with Crippen LogP contribution >= 0.6 is 0 Å². The molecule has 0 fully saturated rings. The molecule has 0 rings (SSSR count). The van der Waals surface area contributed by atoms with E-state index in [4.69, 9.17) is 29.8 Å². The number of ether oxygens (including phenoxy) is 4. The summed E-state index contributed by atoms with van der Waals surface area (Å²) in [5.41, 5.74) is 5.24. The van der Waals surface area contributed by atoms with Gasteiger partial charge in [-0.3, -0.25) is 4.79 Å². The lowest BCUT2D eigenvalue weighted by Gasteiger charge is -2.06. The number of nitrogens with two attached hydrogens (primary N) is 1. The van der Waals surface area contributed by atoms with E-state index >= 15 is 0 Å². The van der Waals surface area contributed by atoms with Crippen LogP contribution in [0, 0.1) is 0 Å². The maximum absolute atomic E-state index is 10.2. The van der Waals surface area contributed by atoms with Crippen LogP contribution in [0.2, 0.25) is 0 Å². The van der Waals surface area contributed by atoms with Gasteiger partial charge in [0.25, 0.3) is 0 Å². The molecule has 0 heterocycles. The fourth-order valence-corrected chi connectivity index (χ4v) is 1.00. The fourth-order valence-electron chi connectivity index (χ4n) is 1.00. The van der Waals surface area contributed by atoms with Crippen LogP contribution in [0.25, 0.3) is 0 Å². The molecule has 0 aromatic carbocycles. The van der Waals surface area contributed by atoms with Gasteiger partial charge >= 0.3 is 5.97 Å². The third-order valence-electron chi connectivity index (χ3n) is 1.84. The molecule has 0 aliphatic rings. The summed E-state index contributed by atoms with van der Waals surface area (Å²) in [6.07, 6.45) is 0.749. The second kappa shape index (κ2) is 14.3. The Hall–Kier alpha value is -0.730. The third kappa shape index (κ3) is 15.3. The summed E-state index contributed by atoms with van der Waals surface area (Å²) >= 11 is 0. The SMILES string of the molecule is NCCOCCOCOCCCOCCC(=O)O. The van der Waals surface area contributed by atoms with E-state index in [1.165, 1.54) is 0 Å². The standard InChI is InChI=1S/C11H23NO6/c12-3-7-16-8-9-18-10-17-5-1-4-15-6-2-11(13)14/h1-10,12H2,(H,13,14). The second-order valence-electron chi connectivity index (χ2n) is 3.45. The zero-order valence-corrected chi connectivity index (χ0v) is 10.6. The number of carboxylic acid groups (broad SMARTS) is 1. The minimum atomic E-state index is -0.850. The van der Waals surface area contributed by atoms with Gasteiger partial charge in [0.2, 0.25) is 0 Å². The average molecular weight is 265 g/mol. The number of aliphatic carboxylic acids is 1. The Bertz CT molecular complexity index is 190. The summed E-state index contributed by atoms with van der Waals surface area (Å²) in [6.45, 7) is 3.53. The van der Waals surface area contributed by atoms with Gasteiger partial charge in [0, 0.05) is 13.2 Å². The van der Waals surface area contributed by atoms with Crippen molar-refractivity contribution in [2.24, 2.45) is 5.73 Å². The molecule has 0 aromatic rings. The van der Waals surface area contributed by atoms with Gasteiger partial charge in [-0.2, -0.15) is 0 Å². The molecule has 18 heavy (non-hydrogen) atoms. The van der Waals surface area contributed by atoms with Gasteiger partial charge in [-0.1, -0.05) is 0 Å². The van der Waals surface area contributed by atoms with Crippen molar-refractivity contribution in [1.82, 2.24) is 0 Å². The summed E-state index contributed by atoms with van der Waals surface area (Å²) < 4.78 is 20.5. The highest BCUT2D eigenvalue weighted by molar-refractivity contribution is 5.66. The molecule has 3 N–H and O–H groups in total. The molecule has 0 unspecified atom stereocenters. The Morgan fingerprint density at radius 1 is 0.889 bits per heavy atom. The van der Waals surface area contributed by atoms with Crippen molar-refractivity contribution < 1.29 is 28.8 Å². The van der Waals surface area contributed by atoms with Crippen LogP contribution in [0.3, 0.4) is 0 Å². The first-order valence-corrected chi connectivity index (χ1v) is 6.00. The highest BCUT2D eigenvalue weighted by Crippen LogP contribution is 1.89. The van der Waals surface area contributed by atoms with Crippen molar-refractivity contribution in [3.05, 3.63) is 0 Å². The van der Waals surface area contributed by atoms with Crippen molar-refractivity contribution in [3.63, 3.8) is 0 Å². The van der Waals surface area contributed by atoms with E-state index in [9.17, 15) is 4.79 Å². The van der Waals surface area contributed by atoms with E-state index in [2.05, 4.69) is 0 Å². The molecule has 0 aromatic heterocycles. The van der Waals surface area contributed by atoms with Gasteiger partial charge in [-0.15, -0.1) is 0 Å². The number of carboxylic acids is 1. The van der Waals surface area contributed by atoms with Crippen LogP contribution in [0.5, 0.6) is 0 Å². The van der Waals surface area contributed by atoms with Gasteiger partial charge in [-0.05, 0) is 6.42 Å². The van der Waals surface area contributed by atoms with E-state index in [-0.39, 0.29) is 19.8 Å². The molecule has 0 aliphatic heterocycles. The van der Waals surface area contributed by atoms with Crippen LogP contribution in [-0.4, -0.2) is 64.1 Å². The average Bonchev–Trinajstić information content (AvgIpc) is 2.34. The summed E-state index contributed by atoms with van der Waals surface area (Å²) in [5.74, 6) is -0.850. The normalized spacial score (nSPS) is 10.7. The maximum Gasteiger partial charge on any atom is 0.305 e. The number of hydrogen-bond acceptors (Lipinski definition) is 6. The van der Waals surface area contributed by atoms with E-state index in [1.54, 1.807) is 0 Å². The molecule has 0 bridgehead atoms. The van der Waals surface area contributed by atoms with Gasteiger partial charge in [0.05, 0.1) is 39.5 Å². The number of hydrogen-bond donors (Lipinski definition) is 2. The molecule has 108 valence electrons. The zero-order chi connectivity index (χ0) is 13.5. The van der Waals surface area contributed by atoms with Crippen LogP contribution in [0.1, 0.15) is 12.8 Å². The summed E-state index contributed by atoms with van der Waals surface area (Å²) in [7, 11) is 0. The van der Waals surface area contributed by atoms with Gasteiger partial charge in [0.15, 0.2) is 0 Å². The molecule has 0 spiro atoms. The Labute approximate surface area is 107 Å². The van der Waals surface area contributed by atoms with Crippen LogP contribution in [0.4, 0.5) is 0 Å². The highest BCUT2D eigenvalue weighted by Gasteiger charge is 1.96. The van der Waals surface area contributed by atoms with E-state index in [0.717, 1.165) is 0 Å². The summed E-state index contributed by atoms with van der Waals surface area (Å²) in [5, 5.41) is 8.35. The molecule has 7 heteroatoms. The van der Waals surface area contributed by atoms with Crippen molar-refractivity contribution in [1.29, 1.82) is 0 Å². The number of rotatable bonds is 14. The Balaban J connectivity index is 2.92. The van der Waals surface area contributed by atoms with Crippen molar-refractivity contribution in [3.8, 4) is 0 Å². The first-order chi connectivity index (χ1) is 8.77. The predicted molar refractivity (Wildman–Crippen MR) is 64.3 cm³/mol. The lowest BCUT2D eigenvalue weighted by atomic mass is 10.4. The third-order valence-corrected chi connectivity index (χ3v) is 1.84. The van der Waals surface area contributed by atoms with Gasteiger partial charge < -0.3 is 29.8 Å². The van der Waals surface area contributed by atoms with Crippen molar-refractivity contribution in [2.45, 2.75) is 12.8 Å².